The van der Waals surface area contributed by atoms with Gasteiger partial charge in [0.2, 0.25) is 0 Å². The largest absolute Gasteiger partial charge is 0.632 e. The van der Waals surface area contributed by atoms with Gasteiger partial charge in [-0.2, -0.15) is 0 Å². The molecule has 17 heavy (non-hydrogen) atoms. The monoisotopic (exact) mass is 244 g/mol. The molecule has 3 heteroatoms. The van der Waals surface area contributed by atoms with Gasteiger partial charge in [-0.05, 0) is 49.2 Å². The van der Waals surface area contributed by atoms with Crippen molar-refractivity contribution in [2.24, 2.45) is 0 Å². The molecule has 0 N–H and O–H groups in total. The molecule has 0 amide bonds. The Balaban J connectivity index is 2.43. The van der Waals surface area contributed by atoms with E-state index in [1.54, 1.807) is 4.31 Å². The van der Waals surface area contributed by atoms with Gasteiger partial charge in [0.05, 0.1) is 4.21 Å². The molecule has 0 fully saturated rings. The van der Waals surface area contributed by atoms with E-state index in [2.05, 4.69) is 0 Å². The Labute approximate surface area is 106 Å². The molecule has 2 rings (SSSR count). The average Bonchev–Trinajstić information content (AvgIpc) is 2.30. The van der Waals surface area contributed by atoms with E-state index in [0.29, 0.717) is 11.9 Å². The lowest BCUT2D eigenvalue weighted by molar-refractivity contribution is 0.605. The Bertz CT molecular complexity index is 494. The standard InChI is InChI=1S/C14H14NOS/c1-11-5-3-7-13(9-11)15(17-16)14-8-4-6-12(2)10-14/h3-10H,1-2H3/q+1. The topological polar surface area (TPSA) is 20.3 Å². The number of rotatable bonds is 3. The van der Waals surface area contributed by atoms with E-state index in [-0.39, 0.29) is 0 Å². The highest BCUT2D eigenvalue weighted by molar-refractivity contribution is 7.67. The quantitative estimate of drug-likeness (QED) is 0.594. The van der Waals surface area contributed by atoms with Gasteiger partial charge in [-0.15, -0.1) is 0 Å². The van der Waals surface area contributed by atoms with E-state index in [1.807, 2.05) is 62.4 Å². The van der Waals surface area contributed by atoms with Gasteiger partial charge in [0.25, 0.3) is 0 Å². The molecule has 0 aliphatic carbocycles. The summed E-state index contributed by atoms with van der Waals surface area (Å²) in [5.41, 5.74) is 4.12. The maximum absolute atomic E-state index is 11.3. The predicted molar refractivity (Wildman–Crippen MR) is 72.5 cm³/mol. The minimum Gasteiger partial charge on any atom is -0.0597 e. The Kier molecular flexibility index (Phi) is 3.49. The summed E-state index contributed by atoms with van der Waals surface area (Å²) in [5, 5.41) is 0. The third-order valence-corrected chi connectivity index (χ3v) is 3.12. The third kappa shape index (κ3) is 2.68. The van der Waals surface area contributed by atoms with Crippen molar-refractivity contribution in [3.63, 3.8) is 0 Å². The molecule has 0 unspecified atom stereocenters. The number of aryl methyl sites for hydroxylation is 2. The fourth-order valence-corrected chi connectivity index (χ4v) is 2.14. The molecular formula is C14H14NOS+. The number of hydrogen-bond acceptors (Lipinski definition) is 1. The van der Waals surface area contributed by atoms with E-state index in [1.165, 1.54) is 0 Å². The lowest BCUT2D eigenvalue weighted by Gasteiger charge is -2.07. The first-order valence-corrected chi connectivity index (χ1v) is 6.14. The molecule has 0 atom stereocenters. The highest BCUT2D eigenvalue weighted by Crippen LogP contribution is 2.25. The SMILES string of the molecule is Cc1cccc(N([S+]=O)c2cccc(C)c2)c1. The van der Waals surface area contributed by atoms with Crippen molar-refractivity contribution in [2.75, 3.05) is 4.31 Å². The van der Waals surface area contributed by atoms with Gasteiger partial charge in [0, 0.05) is 0 Å². The van der Waals surface area contributed by atoms with Crippen LogP contribution in [0.4, 0.5) is 11.4 Å². The molecule has 0 radical (unpaired) electrons. The second-order valence-corrected chi connectivity index (χ2v) is 4.56. The van der Waals surface area contributed by atoms with E-state index in [9.17, 15) is 4.21 Å². The van der Waals surface area contributed by atoms with Crippen molar-refractivity contribution in [3.8, 4) is 0 Å². The Morgan fingerprint density at radius 1 is 0.882 bits per heavy atom. The molecule has 2 aromatic rings. The Morgan fingerprint density at radius 2 is 1.35 bits per heavy atom. The van der Waals surface area contributed by atoms with Gasteiger partial charge in [-0.1, -0.05) is 28.6 Å². The Morgan fingerprint density at radius 3 is 1.71 bits per heavy atom. The minimum atomic E-state index is 0.477. The molecular weight excluding hydrogens is 230 g/mol. The van der Waals surface area contributed by atoms with Gasteiger partial charge in [-0.25, -0.2) is 0 Å². The summed E-state index contributed by atoms with van der Waals surface area (Å²) in [6.45, 7) is 4.04. The number of hydrogen-bond donors (Lipinski definition) is 0. The van der Waals surface area contributed by atoms with Crippen LogP contribution in [0.3, 0.4) is 0 Å². The molecule has 0 aliphatic heterocycles. The summed E-state index contributed by atoms with van der Waals surface area (Å²) < 4.78 is 13.0. The third-order valence-electron chi connectivity index (χ3n) is 2.55. The molecule has 0 saturated heterocycles. The maximum atomic E-state index is 11.3. The lowest BCUT2D eigenvalue weighted by Crippen LogP contribution is -2.09. The molecule has 0 aliphatic rings. The molecule has 86 valence electrons. The van der Waals surface area contributed by atoms with Crippen LogP contribution in [0.25, 0.3) is 0 Å². The first kappa shape index (κ1) is 11.7. The molecule has 0 heterocycles. The van der Waals surface area contributed by atoms with E-state index in [0.717, 1.165) is 22.5 Å². The van der Waals surface area contributed by atoms with Gasteiger partial charge in [0.1, 0.15) is 11.4 Å². The van der Waals surface area contributed by atoms with Crippen LogP contribution in [-0.2, 0) is 16.1 Å². The maximum Gasteiger partial charge on any atom is 0.632 e. The van der Waals surface area contributed by atoms with Crippen LogP contribution in [0.15, 0.2) is 48.5 Å². The van der Waals surface area contributed by atoms with Crippen LogP contribution >= 0.6 is 0 Å². The molecule has 0 spiro atoms. The molecule has 0 bridgehead atoms. The first-order valence-electron chi connectivity index (χ1n) is 5.44. The zero-order chi connectivity index (χ0) is 12.3. The minimum absolute atomic E-state index is 0.477. The van der Waals surface area contributed by atoms with Crippen molar-refractivity contribution in [3.05, 3.63) is 59.7 Å². The van der Waals surface area contributed by atoms with Crippen LogP contribution in [0.2, 0.25) is 0 Å². The van der Waals surface area contributed by atoms with E-state index >= 15 is 0 Å². The number of benzene rings is 2. The highest BCUT2D eigenvalue weighted by Gasteiger charge is 2.21. The van der Waals surface area contributed by atoms with Gasteiger partial charge < -0.3 is 0 Å². The van der Waals surface area contributed by atoms with Crippen molar-refractivity contribution in [2.45, 2.75) is 13.8 Å². The molecule has 0 saturated carbocycles. The summed E-state index contributed by atoms with van der Waals surface area (Å²) in [6.07, 6.45) is 0. The summed E-state index contributed by atoms with van der Waals surface area (Å²) in [5.74, 6) is 0. The van der Waals surface area contributed by atoms with Gasteiger partial charge in [0.15, 0.2) is 0 Å². The average molecular weight is 244 g/mol. The summed E-state index contributed by atoms with van der Waals surface area (Å²) in [6, 6.07) is 15.9. The predicted octanol–water partition coefficient (Wildman–Crippen LogP) is 3.78. The van der Waals surface area contributed by atoms with E-state index < -0.39 is 0 Å². The highest BCUT2D eigenvalue weighted by atomic mass is 32.2. The zero-order valence-electron chi connectivity index (χ0n) is 9.88. The fourth-order valence-electron chi connectivity index (χ4n) is 1.74. The zero-order valence-corrected chi connectivity index (χ0v) is 10.7. The molecule has 0 aromatic heterocycles. The van der Waals surface area contributed by atoms with Gasteiger partial charge in [-0.3, -0.25) is 0 Å². The molecule has 2 nitrogen and oxygen atoms in total. The van der Waals surface area contributed by atoms with E-state index in [4.69, 9.17) is 0 Å². The summed E-state index contributed by atoms with van der Waals surface area (Å²) >= 11 is 0.477. The fraction of sp³-hybridized carbons (Fsp3) is 0.143. The van der Waals surface area contributed by atoms with Crippen LogP contribution in [-0.4, -0.2) is 0 Å². The van der Waals surface area contributed by atoms with Crippen LogP contribution in [0.1, 0.15) is 11.1 Å². The van der Waals surface area contributed by atoms with Crippen LogP contribution in [0.5, 0.6) is 0 Å². The number of anilines is 2. The van der Waals surface area contributed by atoms with Crippen molar-refractivity contribution in [1.82, 2.24) is 0 Å². The second kappa shape index (κ2) is 5.06. The Hall–Kier alpha value is -1.74. The van der Waals surface area contributed by atoms with Crippen molar-refractivity contribution in [1.29, 1.82) is 0 Å². The summed E-state index contributed by atoms with van der Waals surface area (Å²) in [4.78, 5) is 0. The summed E-state index contributed by atoms with van der Waals surface area (Å²) in [7, 11) is 0. The van der Waals surface area contributed by atoms with Crippen molar-refractivity contribution >= 4 is 23.2 Å². The smallest absolute Gasteiger partial charge is 0.0597 e. The van der Waals surface area contributed by atoms with Crippen LogP contribution in [0, 0.1) is 13.8 Å². The number of nitrogens with zero attached hydrogens (tertiary/aromatic N) is 1. The normalized spacial score (nSPS) is 10.0. The lowest BCUT2D eigenvalue weighted by atomic mass is 10.2. The van der Waals surface area contributed by atoms with Gasteiger partial charge >= 0.3 is 11.9 Å². The van der Waals surface area contributed by atoms with Crippen molar-refractivity contribution < 1.29 is 4.21 Å². The first-order chi connectivity index (χ1) is 8.20. The second-order valence-electron chi connectivity index (χ2n) is 4.05. The molecule has 2 aromatic carbocycles. The van der Waals surface area contributed by atoms with Crippen LogP contribution < -0.4 is 4.31 Å².